The van der Waals surface area contributed by atoms with E-state index in [2.05, 4.69) is 0 Å². The van der Waals surface area contributed by atoms with E-state index in [9.17, 15) is 9.59 Å². The molecule has 3 rings (SSSR count). The van der Waals surface area contributed by atoms with Crippen molar-refractivity contribution in [2.75, 3.05) is 21.3 Å². The van der Waals surface area contributed by atoms with Gasteiger partial charge in [0.15, 0.2) is 17.3 Å². The van der Waals surface area contributed by atoms with E-state index >= 15 is 0 Å². The van der Waals surface area contributed by atoms with E-state index in [1.54, 1.807) is 81.0 Å². The zero-order valence-electron chi connectivity index (χ0n) is 17.5. The Kier molecular flexibility index (Phi) is 7.06. The molecule has 0 spiro atoms. The van der Waals surface area contributed by atoms with E-state index in [0.29, 0.717) is 34.1 Å². The van der Waals surface area contributed by atoms with Crippen LogP contribution in [0.25, 0.3) is 6.08 Å². The van der Waals surface area contributed by atoms with Gasteiger partial charge in [-0.05, 0) is 60.2 Å². The van der Waals surface area contributed by atoms with Gasteiger partial charge >= 0.3 is 5.97 Å². The minimum absolute atomic E-state index is 0.183. The standard InChI is InChI=1S/C25H22O6/c1-28-22-7-5-4-6-20(22)25(27)31-19-12-10-18(11-13-19)21(26)14-8-17-9-15-23(29-2)24(16-17)30-3/h4-16H,1-3H3. The number of methoxy groups -OCH3 is 3. The summed E-state index contributed by atoms with van der Waals surface area (Å²) in [4.78, 5) is 24.8. The molecule has 0 heterocycles. The second-order valence-electron chi connectivity index (χ2n) is 6.43. The van der Waals surface area contributed by atoms with Crippen molar-refractivity contribution in [2.24, 2.45) is 0 Å². The molecule has 0 N–H and O–H groups in total. The summed E-state index contributed by atoms with van der Waals surface area (Å²) in [6, 6.07) is 18.5. The molecule has 0 aromatic heterocycles. The molecule has 0 amide bonds. The van der Waals surface area contributed by atoms with Crippen LogP contribution in [0.1, 0.15) is 26.3 Å². The van der Waals surface area contributed by atoms with E-state index in [-0.39, 0.29) is 5.78 Å². The molecule has 0 aliphatic carbocycles. The highest BCUT2D eigenvalue weighted by molar-refractivity contribution is 6.07. The van der Waals surface area contributed by atoms with E-state index in [1.165, 1.54) is 13.2 Å². The van der Waals surface area contributed by atoms with E-state index in [1.807, 2.05) is 6.07 Å². The predicted octanol–water partition coefficient (Wildman–Crippen LogP) is 4.83. The molecular weight excluding hydrogens is 396 g/mol. The summed E-state index contributed by atoms with van der Waals surface area (Å²) in [5.41, 5.74) is 1.59. The van der Waals surface area contributed by atoms with Gasteiger partial charge in [0.2, 0.25) is 0 Å². The Morgan fingerprint density at radius 3 is 2.10 bits per heavy atom. The van der Waals surface area contributed by atoms with Crippen LogP contribution in [0.3, 0.4) is 0 Å². The van der Waals surface area contributed by atoms with Crippen molar-refractivity contribution in [3.63, 3.8) is 0 Å². The van der Waals surface area contributed by atoms with E-state index in [0.717, 1.165) is 5.56 Å². The van der Waals surface area contributed by atoms with Crippen molar-refractivity contribution in [1.82, 2.24) is 0 Å². The minimum Gasteiger partial charge on any atom is -0.496 e. The minimum atomic E-state index is -0.537. The van der Waals surface area contributed by atoms with Crippen LogP contribution in [0.2, 0.25) is 0 Å². The lowest BCUT2D eigenvalue weighted by Gasteiger charge is -2.08. The van der Waals surface area contributed by atoms with Gasteiger partial charge in [0.05, 0.1) is 21.3 Å². The number of hydrogen-bond acceptors (Lipinski definition) is 6. The highest BCUT2D eigenvalue weighted by Crippen LogP contribution is 2.28. The molecular formula is C25H22O6. The van der Waals surface area contributed by atoms with Crippen LogP contribution in [0.15, 0.2) is 72.8 Å². The molecule has 0 aliphatic heterocycles. The Morgan fingerprint density at radius 2 is 1.42 bits per heavy atom. The van der Waals surface area contributed by atoms with E-state index in [4.69, 9.17) is 18.9 Å². The number of esters is 1. The molecule has 3 aromatic rings. The number of para-hydroxylation sites is 1. The van der Waals surface area contributed by atoms with Gasteiger partial charge in [-0.3, -0.25) is 4.79 Å². The monoisotopic (exact) mass is 418 g/mol. The molecule has 0 aliphatic rings. The highest BCUT2D eigenvalue weighted by atomic mass is 16.5. The first kappa shape index (κ1) is 21.6. The van der Waals surface area contributed by atoms with Crippen LogP contribution < -0.4 is 18.9 Å². The lowest BCUT2D eigenvalue weighted by Crippen LogP contribution is -2.10. The maximum absolute atomic E-state index is 12.5. The Morgan fingerprint density at radius 1 is 0.742 bits per heavy atom. The summed E-state index contributed by atoms with van der Waals surface area (Å²) < 4.78 is 21.0. The van der Waals surface area contributed by atoms with Crippen LogP contribution >= 0.6 is 0 Å². The average molecular weight is 418 g/mol. The molecule has 0 saturated carbocycles. The predicted molar refractivity (Wildman–Crippen MR) is 117 cm³/mol. The van der Waals surface area contributed by atoms with Crippen molar-refractivity contribution in [3.05, 3.63) is 89.5 Å². The van der Waals surface area contributed by atoms with Crippen molar-refractivity contribution >= 4 is 17.8 Å². The van der Waals surface area contributed by atoms with Crippen LogP contribution in [0.5, 0.6) is 23.0 Å². The Balaban J connectivity index is 1.67. The molecule has 6 nitrogen and oxygen atoms in total. The fourth-order valence-electron chi connectivity index (χ4n) is 2.89. The smallest absolute Gasteiger partial charge is 0.347 e. The summed E-state index contributed by atoms with van der Waals surface area (Å²) in [5, 5.41) is 0. The van der Waals surface area contributed by atoms with Crippen LogP contribution in [0.4, 0.5) is 0 Å². The van der Waals surface area contributed by atoms with Gasteiger partial charge in [-0.15, -0.1) is 0 Å². The maximum atomic E-state index is 12.5. The average Bonchev–Trinajstić information content (AvgIpc) is 2.82. The summed E-state index contributed by atoms with van der Waals surface area (Å²) in [5.74, 6) is 1.24. The van der Waals surface area contributed by atoms with Gasteiger partial charge in [-0.1, -0.05) is 24.3 Å². The van der Waals surface area contributed by atoms with Crippen molar-refractivity contribution in [3.8, 4) is 23.0 Å². The molecule has 158 valence electrons. The summed E-state index contributed by atoms with van der Waals surface area (Å²) in [7, 11) is 4.61. The third-order valence-electron chi connectivity index (χ3n) is 4.51. The lowest BCUT2D eigenvalue weighted by molar-refractivity contribution is 0.0731. The number of rotatable bonds is 8. The number of ketones is 1. The normalized spacial score (nSPS) is 10.5. The third kappa shape index (κ3) is 5.30. The topological polar surface area (TPSA) is 71.1 Å². The Bertz CT molecular complexity index is 1100. The van der Waals surface area contributed by atoms with Gasteiger partial charge < -0.3 is 18.9 Å². The zero-order chi connectivity index (χ0) is 22.2. The molecule has 0 bridgehead atoms. The second kappa shape index (κ2) is 10.1. The van der Waals surface area contributed by atoms with Gasteiger partial charge in [0.1, 0.15) is 17.1 Å². The van der Waals surface area contributed by atoms with Crippen LogP contribution in [-0.2, 0) is 0 Å². The van der Waals surface area contributed by atoms with Crippen molar-refractivity contribution in [2.45, 2.75) is 0 Å². The SMILES string of the molecule is COc1ccc(C=CC(=O)c2ccc(OC(=O)c3ccccc3OC)cc2)cc1OC. The Labute approximate surface area is 180 Å². The molecule has 6 heteroatoms. The first-order chi connectivity index (χ1) is 15.0. The molecule has 0 unspecified atom stereocenters. The number of carbonyl (C=O) groups excluding carboxylic acids is 2. The fraction of sp³-hybridized carbons (Fsp3) is 0.120. The largest absolute Gasteiger partial charge is 0.496 e. The lowest BCUT2D eigenvalue weighted by atomic mass is 10.1. The number of allylic oxidation sites excluding steroid dienone is 1. The van der Waals surface area contributed by atoms with Gasteiger partial charge in [-0.25, -0.2) is 4.79 Å². The summed E-state index contributed by atoms with van der Waals surface area (Å²) >= 11 is 0. The van der Waals surface area contributed by atoms with Crippen molar-refractivity contribution < 1.29 is 28.5 Å². The van der Waals surface area contributed by atoms with Crippen LogP contribution in [-0.4, -0.2) is 33.1 Å². The maximum Gasteiger partial charge on any atom is 0.347 e. The van der Waals surface area contributed by atoms with E-state index < -0.39 is 5.97 Å². The first-order valence-corrected chi connectivity index (χ1v) is 9.45. The third-order valence-corrected chi connectivity index (χ3v) is 4.51. The molecule has 0 atom stereocenters. The van der Waals surface area contributed by atoms with Crippen molar-refractivity contribution in [1.29, 1.82) is 0 Å². The summed E-state index contributed by atoms with van der Waals surface area (Å²) in [6.45, 7) is 0. The van der Waals surface area contributed by atoms with Gasteiger partial charge in [0, 0.05) is 5.56 Å². The number of ether oxygens (including phenoxy) is 4. The summed E-state index contributed by atoms with van der Waals surface area (Å²) in [6.07, 6.45) is 3.16. The Hall–Kier alpha value is -4.06. The fourth-order valence-corrected chi connectivity index (χ4v) is 2.89. The number of hydrogen-bond donors (Lipinski definition) is 0. The highest BCUT2D eigenvalue weighted by Gasteiger charge is 2.14. The molecule has 31 heavy (non-hydrogen) atoms. The zero-order valence-corrected chi connectivity index (χ0v) is 17.5. The quantitative estimate of drug-likeness (QED) is 0.226. The molecule has 0 radical (unpaired) electrons. The number of benzene rings is 3. The molecule has 0 saturated heterocycles. The van der Waals surface area contributed by atoms with Gasteiger partial charge in [-0.2, -0.15) is 0 Å². The first-order valence-electron chi connectivity index (χ1n) is 9.45. The molecule has 3 aromatic carbocycles. The van der Waals surface area contributed by atoms with Gasteiger partial charge in [0.25, 0.3) is 0 Å². The number of carbonyl (C=O) groups is 2. The molecule has 0 fully saturated rings. The van der Waals surface area contributed by atoms with Crippen LogP contribution in [0, 0.1) is 0 Å². The second-order valence-corrected chi connectivity index (χ2v) is 6.43.